The quantitative estimate of drug-likeness (QED) is 0.125. The Morgan fingerprint density at radius 3 is 1.30 bits per heavy atom. The Hall–Kier alpha value is -7.06. The highest BCUT2D eigenvalue weighted by atomic mass is 32.1. The molecule has 57 heavy (non-hydrogen) atoms. The van der Waals surface area contributed by atoms with Gasteiger partial charge in [-0.05, 0) is 117 Å². The average Bonchev–Trinajstić information content (AvgIpc) is 3.68. The Labute approximate surface area is 334 Å². The second-order valence-corrected chi connectivity index (χ2v) is 16.2. The van der Waals surface area contributed by atoms with Crippen molar-refractivity contribution in [3.8, 4) is 44.5 Å². The van der Waals surface area contributed by atoms with Crippen LogP contribution in [0.4, 0.5) is 0 Å². The van der Waals surface area contributed by atoms with Gasteiger partial charge in [0.15, 0.2) is 0 Å². The molecule has 12 rings (SSSR count). The first-order chi connectivity index (χ1) is 28.3. The fourth-order valence-corrected chi connectivity index (χ4v) is 10.7. The van der Waals surface area contributed by atoms with Crippen LogP contribution in [0, 0.1) is 0 Å². The molecule has 0 amide bonds. The molecule has 12 aromatic rings. The predicted molar refractivity (Wildman–Crippen MR) is 249 cm³/mol. The molecule has 0 bridgehead atoms. The van der Waals surface area contributed by atoms with Gasteiger partial charge in [-0.1, -0.05) is 182 Å². The highest BCUT2D eigenvalue weighted by Crippen LogP contribution is 2.47. The van der Waals surface area contributed by atoms with Crippen molar-refractivity contribution < 1.29 is 0 Å². The lowest BCUT2D eigenvalue weighted by Crippen LogP contribution is -1.91. The number of thiophene rings is 1. The van der Waals surface area contributed by atoms with E-state index in [0.29, 0.717) is 0 Å². The molecule has 0 aliphatic heterocycles. The molecule has 0 saturated heterocycles. The number of rotatable bonds is 4. The average molecular weight is 739 g/mol. The topological polar surface area (TPSA) is 0 Å². The van der Waals surface area contributed by atoms with E-state index < -0.39 is 0 Å². The summed E-state index contributed by atoms with van der Waals surface area (Å²) in [6.45, 7) is 0. The normalized spacial score (nSPS) is 11.9. The summed E-state index contributed by atoms with van der Waals surface area (Å²) in [5.41, 5.74) is 9.92. The van der Waals surface area contributed by atoms with E-state index in [1.807, 2.05) is 11.3 Å². The van der Waals surface area contributed by atoms with Crippen LogP contribution in [0.5, 0.6) is 0 Å². The molecule has 0 atom stereocenters. The zero-order valence-electron chi connectivity index (χ0n) is 31.0. The van der Waals surface area contributed by atoms with Crippen molar-refractivity contribution >= 4 is 85.4 Å². The van der Waals surface area contributed by atoms with Crippen LogP contribution in [0.2, 0.25) is 0 Å². The minimum atomic E-state index is 1.22. The van der Waals surface area contributed by atoms with Crippen LogP contribution in [0.15, 0.2) is 206 Å². The van der Waals surface area contributed by atoms with Crippen LogP contribution in [-0.4, -0.2) is 0 Å². The summed E-state index contributed by atoms with van der Waals surface area (Å²) in [7, 11) is 0. The summed E-state index contributed by atoms with van der Waals surface area (Å²) in [4.78, 5) is 0. The van der Waals surface area contributed by atoms with Crippen molar-refractivity contribution in [3.05, 3.63) is 206 Å². The van der Waals surface area contributed by atoms with Gasteiger partial charge in [-0.2, -0.15) is 0 Å². The maximum Gasteiger partial charge on any atom is 0.0440 e. The van der Waals surface area contributed by atoms with E-state index in [1.165, 1.54) is 119 Å². The fourth-order valence-electron chi connectivity index (χ4n) is 9.41. The molecule has 0 aliphatic rings. The van der Waals surface area contributed by atoms with Gasteiger partial charge in [0.25, 0.3) is 0 Å². The van der Waals surface area contributed by atoms with E-state index in [2.05, 4.69) is 206 Å². The standard InChI is InChI=1S/C56H34S/c1-2-14-36-31-39(28-27-35(36)13-1)37-15-11-17-41(32-37)53-46-22-6-8-24-48(46)54(49-25-9-7-23-47(49)53)42-18-12-16-38(33-42)40-29-30-51-52(34-40)57-56-50-26-10-4-20-44(50)43-19-3-5-21-45(43)55(51)56/h1-34H. The van der Waals surface area contributed by atoms with Crippen molar-refractivity contribution in [2.75, 3.05) is 0 Å². The maximum atomic E-state index is 2.41. The van der Waals surface area contributed by atoms with E-state index in [9.17, 15) is 0 Å². The molecule has 1 aromatic heterocycles. The van der Waals surface area contributed by atoms with Crippen LogP contribution < -0.4 is 0 Å². The number of hydrogen-bond acceptors (Lipinski definition) is 1. The summed E-state index contributed by atoms with van der Waals surface area (Å²) in [6.07, 6.45) is 0. The Morgan fingerprint density at radius 1 is 0.246 bits per heavy atom. The van der Waals surface area contributed by atoms with Crippen molar-refractivity contribution in [3.63, 3.8) is 0 Å². The van der Waals surface area contributed by atoms with Gasteiger partial charge in [0.05, 0.1) is 0 Å². The number of fused-ring (bicyclic) bond motifs is 11. The van der Waals surface area contributed by atoms with Gasteiger partial charge in [0.2, 0.25) is 0 Å². The molecule has 1 heterocycles. The minimum Gasteiger partial charge on any atom is -0.134 e. The molecule has 0 fully saturated rings. The maximum absolute atomic E-state index is 2.41. The van der Waals surface area contributed by atoms with Gasteiger partial charge < -0.3 is 0 Å². The van der Waals surface area contributed by atoms with Crippen molar-refractivity contribution in [2.45, 2.75) is 0 Å². The van der Waals surface area contributed by atoms with E-state index in [-0.39, 0.29) is 0 Å². The molecule has 0 radical (unpaired) electrons. The molecule has 0 nitrogen and oxygen atoms in total. The third-order valence-corrected chi connectivity index (χ3v) is 13.2. The second-order valence-electron chi connectivity index (χ2n) is 15.2. The summed E-state index contributed by atoms with van der Waals surface area (Å²) in [6, 6.07) is 76.4. The molecule has 0 unspecified atom stereocenters. The highest BCUT2D eigenvalue weighted by molar-refractivity contribution is 7.27. The third-order valence-electron chi connectivity index (χ3n) is 12.0. The molecule has 0 saturated carbocycles. The van der Waals surface area contributed by atoms with Gasteiger partial charge in [0, 0.05) is 25.6 Å². The lowest BCUT2D eigenvalue weighted by molar-refractivity contribution is 1.62. The Bertz CT molecular complexity index is 3530. The van der Waals surface area contributed by atoms with Crippen LogP contribution in [-0.2, 0) is 0 Å². The SMILES string of the molecule is c1cc(-c2ccc3ccccc3c2)cc(-c2c3ccccc3c(-c3cccc(-c4ccc5c(c4)sc4c6ccccc6c6ccccc6c54)c3)c3ccccc23)c1. The monoisotopic (exact) mass is 738 g/mol. The zero-order valence-corrected chi connectivity index (χ0v) is 31.9. The first kappa shape index (κ1) is 32.2. The van der Waals surface area contributed by atoms with E-state index in [4.69, 9.17) is 0 Å². The molecule has 0 aliphatic carbocycles. The number of benzene rings is 11. The van der Waals surface area contributed by atoms with Gasteiger partial charge in [-0.25, -0.2) is 0 Å². The van der Waals surface area contributed by atoms with Crippen LogP contribution >= 0.6 is 11.3 Å². The molecule has 1 heteroatoms. The fraction of sp³-hybridized carbons (Fsp3) is 0. The summed E-state index contributed by atoms with van der Waals surface area (Å²) < 4.78 is 2.69. The highest BCUT2D eigenvalue weighted by Gasteiger charge is 2.19. The van der Waals surface area contributed by atoms with Crippen molar-refractivity contribution in [1.82, 2.24) is 0 Å². The zero-order chi connectivity index (χ0) is 37.5. The van der Waals surface area contributed by atoms with E-state index in [0.717, 1.165) is 0 Å². The summed E-state index contributed by atoms with van der Waals surface area (Å²) in [5, 5.41) is 15.6. The van der Waals surface area contributed by atoms with Crippen LogP contribution in [0.3, 0.4) is 0 Å². The Balaban J connectivity index is 1.02. The molecule has 0 N–H and O–H groups in total. The second kappa shape index (κ2) is 12.7. The molecule has 11 aromatic carbocycles. The van der Waals surface area contributed by atoms with E-state index >= 15 is 0 Å². The third kappa shape index (κ3) is 5.06. The molecule has 264 valence electrons. The van der Waals surface area contributed by atoms with Gasteiger partial charge in [-0.3, -0.25) is 0 Å². The summed E-state index contributed by atoms with van der Waals surface area (Å²) >= 11 is 1.92. The lowest BCUT2D eigenvalue weighted by atomic mass is 9.85. The molecular weight excluding hydrogens is 705 g/mol. The van der Waals surface area contributed by atoms with Gasteiger partial charge in [0.1, 0.15) is 0 Å². The van der Waals surface area contributed by atoms with Crippen LogP contribution in [0.25, 0.3) is 119 Å². The van der Waals surface area contributed by atoms with E-state index in [1.54, 1.807) is 0 Å². The largest absolute Gasteiger partial charge is 0.134 e. The summed E-state index contributed by atoms with van der Waals surface area (Å²) in [5.74, 6) is 0. The first-order valence-electron chi connectivity index (χ1n) is 19.7. The molecular formula is C56H34S. The lowest BCUT2D eigenvalue weighted by Gasteiger charge is -2.18. The van der Waals surface area contributed by atoms with Crippen LogP contribution in [0.1, 0.15) is 0 Å². The smallest absolute Gasteiger partial charge is 0.0440 e. The Kier molecular flexibility index (Phi) is 7.20. The number of hydrogen-bond donors (Lipinski definition) is 0. The minimum absolute atomic E-state index is 1.22. The van der Waals surface area contributed by atoms with Gasteiger partial charge >= 0.3 is 0 Å². The predicted octanol–water partition coefficient (Wildman–Crippen LogP) is 16.5. The van der Waals surface area contributed by atoms with Gasteiger partial charge in [-0.15, -0.1) is 11.3 Å². The van der Waals surface area contributed by atoms with Crippen molar-refractivity contribution in [1.29, 1.82) is 0 Å². The first-order valence-corrected chi connectivity index (χ1v) is 20.5. The van der Waals surface area contributed by atoms with Crippen molar-refractivity contribution in [2.24, 2.45) is 0 Å². The Morgan fingerprint density at radius 2 is 0.684 bits per heavy atom. The molecule has 0 spiro atoms.